The molecule has 1 saturated heterocycles. The van der Waals surface area contributed by atoms with Crippen LogP contribution >= 0.6 is 0 Å². The van der Waals surface area contributed by atoms with E-state index >= 15 is 0 Å². The molecule has 1 heterocycles. The van der Waals surface area contributed by atoms with Crippen molar-refractivity contribution in [3.8, 4) is 11.1 Å². The molecule has 2 aromatic rings. The van der Waals surface area contributed by atoms with Crippen molar-refractivity contribution in [2.75, 3.05) is 6.54 Å². The molecule has 1 N–H and O–H groups in total. The molecular formula is C23H25N2O3+. The van der Waals surface area contributed by atoms with Gasteiger partial charge in [0.25, 0.3) is 0 Å². The van der Waals surface area contributed by atoms with Crippen molar-refractivity contribution in [1.82, 2.24) is 5.32 Å². The summed E-state index contributed by atoms with van der Waals surface area (Å²) in [7, 11) is 0. The molecule has 0 bridgehead atoms. The van der Waals surface area contributed by atoms with Gasteiger partial charge in [-0.15, -0.1) is 0 Å². The van der Waals surface area contributed by atoms with Gasteiger partial charge in [-0.25, -0.2) is 9.59 Å². The molecule has 0 aromatic heterocycles. The molecule has 0 saturated carbocycles. The van der Waals surface area contributed by atoms with Crippen molar-refractivity contribution in [3.63, 3.8) is 0 Å². The summed E-state index contributed by atoms with van der Waals surface area (Å²) in [6.07, 6.45) is 2.69. The van der Waals surface area contributed by atoms with Crippen LogP contribution in [0.5, 0.6) is 0 Å². The lowest BCUT2D eigenvalue weighted by molar-refractivity contribution is -0.780. The van der Waals surface area contributed by atoms with E-state index in [1.807, 2.05) is 43.3 Å². The molecule has 1 aliphatic carbocycles. The van der Waals surface area contributed by atoms with Crippen molar-refractivity contribution in [1.29, 1.82) is 0 Å². The zero-order chi connectivity index (χ0) is 19.7. The number of carbonyl (C=O) groups is 3. The largest absolute Gasteiger partial charge is 0.345 e. The molecule has 0 spiro atoms. The number of imide groups is 1. The number of amides is 3. The number of benzene rings is 2. The summed E-state index contributed by atoms with van der Waals surface area (Å²) in [5, 5.41) is 3.09. The number of likely N-dealkylation sites (tertiary alicyclic amines) is 1. The summed E-state index contributed by atoms with van der Waals surface area (Å²) < 4.78 is -0.137. The van der Waals surface area contributed by atoms with Crippen LogP contribution in [0.1, 0.15) is 49.8 Å². The van der Waals surface area contributed by atoms with Crippen molar-refractivity contribution >= 4 is 18.2 Å². The number of fused-ring (bicyclic) bond motifs is 3. The van der Waals surface area contributed by atoms with Gasteiger partial charge in [0.15, 0.2) is 0 Å². The van der Waals surface area contributed by atoms with Gasteiger partial charge in [-0.2, -0.15) is 4.48 Å². The molecule has 0 radical (unpaired) electrons. The molecule has 4 rings (SSSR count). The maximum atomic E-state index is 12.7. The maximum absolute atomic E-state index is 12.7. The van der Waals surface area contributed by atoms with E-state index in [9.17, 15) is 14.4 Å². The fourth-order valence-corrected chi connectivity index (χ4v) is 4.66. The number of quaternary nitrogens is 1. The van der Waals surface area contributed by atoms with Gasteiger partial charge in [0.2, 0.25) is 5.91 Å². The second-order valence-corrected chi connectivity index (χ2v) is 7.82. The fraction of sp³-hybridized carbons (Fsp3) is 0.348. The van der Waals surface area contributed by atoms with E-state index in [2.05, 4.69) is 17.4 Å². The highest BCUT2D eigenvalue weighted by Crippen LogP contribution is 2.43. The quantitative estimate of drug-likeness (QED) is 0.642. The predicted octanol–water partition coefficient (Wildman–Crippen LogP) is 3.33. The highest BCUT2D eigenvalue weighted by atomic mass is 16.2. The average molecular weight is 377 g/mol. The highest BCUT2D eigenvalue weighted by molar-refractivity contribution is 5.86. The molecule has 144 valence electrons. The molecule has 1 unspecified atom stereocenters. The third-order valence-corrected chi connectivity index (χ3v) is 6.29. The smallest absolute Gasteiger partial charge is 0.321 e. The SMILES string of the molecule is C[C@@H]1CCC[N+]1(C=O)C(=O)CCC(=O)NC1c2ccccc2-c2ccccc21. The maximum Gasteiger partial charge on any atom is 0.321 e. The van der Waals surface area contributed by atoms with E-state index in [-0.39, 0.29) is 41.2 Å². The van der Waals surface area contributed by atoms with Gasteiger partial charge in [0.1, 0.15) is 6.04 Å². The third kappa shape index (κ3) is 2.96. The van der Waals surface area contributed by atoms with Crippen LogP contribution in [0.4, 0.5) is 0 Å². The van der Waals surface area contributed by atoms with Gasteiger partial charge in [-0.1, -0.05) is 48.5 Å². The number of nitrogens with zero attached hydrogens (tertiary/aromatic N) is 1. The van der Waals surface area contributed by atoms with Gasteiger partial charge in [0, 0.05) is 19.3 Å². The zero-order valence-electron chi connectivity index (χ0n) is 16.1. The third-order valence-electron chi connectivity index (χ3n) is 6.29. The Kier molecular flexibility index (Phi) is 4.85. The van der Waals surface area contributed by atoms with Gasteiger partial charge in [0.05, 0.1) is 19.0 Å². The number of hydrogen-bond acceptors (Lipinski definition) is 3. The molecule has 28 heavy (non-hydrogen) atoms. The average Bonchev–Trinajstić information content (AvgIpc) is 3.25. The van der Waals surface area contributed by atoms with Gasteiger partial charge >= 0.3 is 12.3 Å². The Balaban J connectivity index is 1.46. The van der Waals surface area contributed by atoms with Crippen LogP contribution in [-0.2, 0) is 14.4 Å². The lowest BCUT2D eigenvalue weighted by Gasteiger charge is -2.28. The second kappa shape index (κ2) is 7.32. The van der Waals surface area contributed by atoms with Crippen LogP contribution in [-0.4, -0.2) is 35.3 Å². The summed E-state index contributed by atoms with van der Waals surface area (Å²) in [6.45, 7) is 2.49. The number of carbonyl (C=O) groups excluding carboxylic acids is 3. The van der Waals surface area contributed by atoms with E-state index < -0.39 is 0 Å². The van der Waals surface area contributed by atoms with Crippen LogP contribution in [0, 0.1) is 0 Å². The molecule has 5 nitrogen and oxygen atoms in total. The minimum absolute atomic E-state index is 0.00153. The summed E-state index contributed by atoms with van der Waals surface area (Å²) in [5.41, 5.74) is 4.42. The molecular weight excluding hydrogens is 352 g/mol. The van der Waals surface area contributed by atoms with Crippen molar-refractivity contribution in [3.05, 3.63) is 59.7 Å². The summed E-state index contributed by atoms with van der Waals surface area (Å²) in [6, 6.07) is 15.9. The molecule has 2 atom stereocenters. The van der Waals surface area contributed by atoms with Gasteiger partial charge < -0.3 is 5.32 Å². The van der Waals surface area contributed by atoms with E-state index in [4.69, 9.17) is 0 Å². The molecule has 2 aromatic carbocycles. The Morgan fingerprint density at radius 3 is 2.18 bits per heavy atom. The molecule has 5 heteroatoms. The van der Waals surface area contributed by atoms with Crippen LogP contribution < -0.4 is 5.32 Å². The predicted molar refractivity (Wildman–Crippen MR) is 106 cm³/mol. The lowest BCUT2D eigenvalue weighted by Crippen LogP contribution is -2.54. The molecule has 1 aliphatic heterocycles. The van der Waals surface area contributed by atoms with Crippen molar-refractivity contribution < 1.29 is 18.9 Å². The second-order valence-electron chi connectivity index (χ2n) is 7.82. The zero-order valence-corrected chi connectivity index (χ0v) is 16.1. The summed E-state index contributed by atoms with van der Waals surface area (Å²) in [5.74, 6) is -0.317. The van der Waals surface area contributed by atoms with Crippen LogP contribution in [0.15, 0.2) is 48.5 Å². The first-order valence-electron chi connectivity index (χ1n) is 9.91. The molecule has 3 amide bonds. The normalized spacial score (nSPS) is 23.1. The lowest BCUT2D eigenvalue weighted by atomic mass is 10.1. The topological polar surface area (TPSA) is 63.2 Å². The van der Waals surface area contributed by atoms with Crippen LogP contribution in [0.2, 0.25) is 0 Å². The van der Waals surface area contributed by atoms with E-state index in [0.29, 0.717) is 6.54 Å². The van der Waals surface area contributed by atoms with Crippen molar-refractivity contribution in [2.24, 2.45) is 0 Å². The number of nitrogens with one attached hydrogen (secondary N) is 1. The molecule has 2 aliphatic rings. The summed E-state index contributed by atoms with van der Waals surface area (Å²) in [4.78, 5) is 37.0. The van der Waals surface area contributed by atoms with E-state index in [1.165, 1.54) is 0 Å². The first kappa shape index (κ1) is 18.6. The Morgan fingerprint density at radius 2 is 1.64 bits per heavy atom. The van der Waals surface area contributed by atoms with E-state index in [1.54, 1.807) is 0 Å². The Morgan fingerprint density at radius 1 is 1.04 bits per heavy atom. The standard InChI is InChI=1S/C23H24N2O3/c1-16-7-6-14-25(16,15-26)22(28)13-12-21(27)24-23-19-10-4-2-8-17(19)18-9-3-5-11-20(18)23/h2-5,8-11,15-16,23H,6-7,12-14H2,1H3/p+1/t16-,25?/m1/s1. The van der Waals surface area contributed by atoms with Gasteiger partial charge in [-0.05, 0) is 29.2 Å². The minimum atomic E-state index is -0.199. The minimum Gasteiger partial charge on any atom is -0.345 e. The van der Waals surface area contributed by atoms with Crippen molar-refractivity contribution in [2.45, 2.75) is 44.7 Å². The summed E-state index contributed by atoms with van der Waals surface area (Å²) >= 11 is 0. The van der Waals surface area contributed by atoms with Crippen LogP contribution in [0.25, 0.3) is 11.1 Å². The molecule has 1 fully saturated rings. The van der Waals surface area contributed by atoms with Crippen LogP contribution in [0.3, 0.4) is 0 Å². The Bertz CT molecular complexity index is 893. The number of rotatable bonds is 5. The highest BCUT2D eigenvalue weighted by Gasteiger charge is 2.45. The number of hydrogen-bond donors (Lipinski definition) is 1. The Labute approximate surface area is 164 Å². The first-order valence-corrected chi connectivity index (χ1v) is 9.91. The fourth-order valence-electron chi connectivity index (χ4n) is 4.66. The Hall–Kier alpha value is -2.79. The monoisotopic (exact) mass is 377 g/mol. The van der Waals surface area contributed by atoms with E-state index in [0.717, 1.165) is 41.5 Å². The van der Waals surface area contributed by atoms with Gasteiger partial charge in [-0.3, -0.25) is 4.79 Å². The first-order chi connectivity index (χ1) is 13.6.